The van der Waals surface area contributed by atoms with Crippen molar-refractivity contribution in [2.75, 3.05) is 6.54 Å². The maximum Gasteiger partial charge on any atom is 0.225 e. The highest BCUT2D eigenvalue weighted by atomic mass is 16.6. The Morgan fingerprint density at radius 1 is 1.16 bits per heavy atom. The fraction of sp³-hybridized carbons (Fsp3) is 0.917. The summed E-state index contributed by atoms with van der Waals surface area (Å²) >= 11 is 0. The molecule has 5 N–H and O–H groups in total. The molecule has 5 unspecified atom stereocenters. The van der Waals surface area contributed by atoms with Crippen LogP contribution in [0.2, 0.25) is 0 Å². The van der Waals surface area contributed by atoms with Crippen molar-refractivity contribution in [3.8, 4) is 0 Å². The number of ether oxygens (including phenoxy) is 1. The van der Waals surface area contributed by atoms with Crippen LogP contribution < -0.4 is 5.32 Å². The van der Waals surface area contributed by atoms with E-state index in [2.05, 4.69) is 5.32 Å². The minimum Gasteiger partial charge on any atom is -0.388 e. The predicted octanol–water partition coefficient (Wildman–Crippen LogP) is -1.66. The van der Waals surface area contributed by atoms with E-state index in [4.69, 9.17) is 4.74 Å². The molecule has 1 heterocycles. The Morgan fingerprint density at radius 3 is 2.26 bits per heavy atom. The molecule has 1 aliphatic heterocycles. The number of carbonyl (C=O) groups excluding carboxylic acids is 1. The molecule has 0 radical (unpaired) electrons. The molecule has 0 spiro atoms. The van der Waals surface area contributed by atoms with Crippen molar-refractivity contribution in [2.24, 2.45) is 5.41 Å². The first kappa shape index (κ1) is 16.3. The molecule has 0 aromatic rings. The fourth-order valence-corrected chi connectivity index (χ4v) is 1.69. The molecule has 0 saturated carbocycles. The lowest BCUT2D eigenvalue weighted by molar-refractivity contribution is -0.280. The van der Waals surface area contributed by atoms with Crippen LogP contribution in [-0.2, 0) is 9.53 Å². The number of amides is 1. The van der Waals surface area contributed by atoms with Gasteiger partial charge in [-0.2, -0.15) is 0 Å². The molecule has 0 bridgehead atoms. The number of carbonyl (C=O) groups is 1. The SMILES string of the molecule is CCC(C)(C)C(=O)NCC1OC(O)C(O)C(O)C1O. The van der Waals surface area contributed by atoms with Gasteiger partial charge in [-0.25, -0.2) is 0 Å². The molecule has 7 nitrogen and oxygen atoms in total. The fourth-order valence-electron chi connectivity index (χ4n) is 1.69. The topological polar surface area (TPSA) is 119 Å². The van der Waals surface area contributed by atoms with Crippen molar-refractivity contribution in [1.29, 1.82) is 0 Å². The first-order chi connectivity index (χ1) is 8.70. The third-order valence-electron chi connectivity index (χ3n) is 3.65. The number of hydrogen-bond donors (Lipinski definition) is 5. The van der Waals surface area contributed by atoms with Gasteiger partial charge >= 0.3 is 0 Å². The second kappa shape index (κ2) is 6.15. The van der Waals surface area contributed by atoms with Crippen molar-refractivity contribution in [1.82, 2.24) is 5.32 Å². The Bertz CT molecular complexity index is 321. The zero-order valence-corrected chi connectivity index (χ0v) is 11.4. The lowest BCUT2D eigenvalue weighted by Crippen LogP contribution is -2.60. The van der Waals surface area contributed by atoms with Crippen LogP contribution in [-0.4, -0.2) is 63.6 Å². The van der Waals surface area contributed by atoms with Crippen LogP contribution >= 0.6 is 0 Å². The lowest BCUT2D eigenvalue weighted by Gasteiger charge is -2.38. The number of nitrogens with one attached hydrogen (secondary N) is 1. The van der Waals surface area contributed by atoms with Gasteiger partial charge in [0.15, 0.2) is 6.29 Å². The van der Waals surface area contributed by atoms with Crippen LogP contribution in [0.3, 0.4) is 0 Å². The Labute approximate surface area is 112 Å². The molecule has 0 aromatic carbocycles. The molecule has 1 aliphatic rings. The summed E-state index contributed by atoms with van der Waals surface area (Å²) in [6.45, 7) is 5.40. The van der Waals surface area contributed by atoms with E-state index in [9.17, 15) is 25.2 Å². The molecule has 1 saturated heterocycles. The third-order valence-corrected chi connectivity index (χ3v) is 3.65. The Morgan fingerprint density at radius 2 is 1.74 bits per heavy atom. The van der Waals surface area contributed by atoms with E-state index in [-0.39, 0.29) is 12.5 Å². The first-order valence-electron chi connectivity index (χ1n) is 6.36. The minimum atomic E-state index is -1.58. The Balaban J connectivity index is 2.56. The molecule has 7 heteroatoms. The van der Waals surface area contributed by atoms with Gasteiger partial charge in [-0.3, -0.25) is 4.79 Å². The van der Waals surface area contributed by atoms with E-state index in [0.29, 0.717) is 6.42 Å². The monoisotopic (exact) mass is 277 g/mol. The van der Waals surface area contributed by atoms with Gasteiger partial charge in [-0.15, -0.1) is 0 Å². The second-order valence-electron chi connectivity index (χ2n) is 5.48. The van der Waals surface area contributed by atoms with Crippen molar-refractivity contribution in [3.63, 3.8) is 0 Å². The number of hydrogen-bond acceptors (Lipinski definition) is 6. The van der Waals surface area contributed by atoms with Gasteiger partial charge in [0.2, 0.25) is 5.91 Å². The van der Waals surface area contributed by atoms with Crippen LogP contribution in [0.1, 0.15) is 27.2 Å². The molecule has 112 valence electrons. The highest BCUT2D eigenvalue weighted by Gasteiger charge is 2.43. The maximum atomic E-state index is 11.8. The number of aliphatic hydroxyl groups is 4. The summed E-state index contributed by atoms with van der Waals surface area (Å²) in [6, 6.07) is 0. The van der Waals surface area contributed by atoms with Gasteiger partial charge in [0.05, 0.1) is 0 Å². The number of aliphatic hydroxyl groups excluding tert-OH is 4. The predicted molar refractivity (Wildman–Crippen MR) is 66.0 cm³/mol. The van der Waals surface area contributed by atoms with Crippen LogP contribution in [0, 0.1) is 5.41 Å². The summed E-state index contributed by atoms with van der Waals surface area (Å²) in [5.41, 5.74) is -0.545. The molecule has 1 fully saturated rings. The van der Waals surface area contributed by atoms with Crippen LogP contribution in [0.25, 0.3) is 0 Å². The Kier molecular flexibility index (Phi) is 5.28. The summed E-state index contributed by atoms with van der Waals surface area (Å²) in [7, 11) is 0. The molecule has 0 aromatic heterocycles. The van der Waals surface area contributed by atoms with Crippen molar-refractivity contribution in [2.45, 2.75) is 57.9 Å². The highest BCUT2D eigenvalue weighted by molar-refractivity contribution is 5.81. The van der Waals surface area contributed by atoms with E-state index in [1.165, 1.54) is 0 Å². The molecular formula is C12H23NO6. The van der Waals surface area contributed by atoms with E-state index >= 15 is 0 Å². The molecule has 19 heavy (non-hydrogen) atoms. The van der Waals surface area contributed by atoms with Gasteiger partial charge in [-0.05, 0) is 6.42 Å². The average molecular weight is 277 g/mol. The van der Waals surface area contributed by atoms with E-state index in [1.54, 1.807) is 13.8 Å². The highest BCUT2D eigenvalue weighted by Crippen LogP contribution is 2.21. The third kappa shape index (κ3) is 3.64. The molecule has 1 amide bonds. The largest absolute Gasteiger partial charge is 0.388 e. The molecule has 5 atom stereocenters. The van der Waals surface area contributed by atoms with E-state index in [1.807, 2.05) is 6.92 Å². The summed E-state index contributed by atoms with van der Waals surface area (Å²) in [6.07, 6.45) is -6.34. The van der Waals surface area contributed by atoms with E-state index in [0.717, 1.165) is 0 Å². The van der Waals surface area contributed by atoms with Gasteiger partial charge in [0, 0.05) is 12.0 Å². The minimum absolute atomic E-state index is 0.0513. The first-order valence-corrected chi connectivity index (χ1v) is 6.36. The zero-order chi connectivity index (χ0) is 14.8. The second-order valence-corrected chi connectivity index (χ2v) is 5.48. The van der Waals surface area contributed by atoms with Crippen molar-refractivity contribution in [3.05, 3.63) is 0 Å². The van der Waals surface area contributed by atoms with Crippen molar-refractivity contribution >= 4 is 5.91 Å². The summed E-state index contributed by atoms with van der Waals surface area (Å²) in [4.78, 5) is 11.8. The van der Waals surface area contributed by atoms with Crippen LogP contribution in [0.15, 0.2) is 0 Å². The summed E-state index contributed by atoms with van der Waals surface area (Å²) < 4.78 is 4.96. The maximum absolute atomic E-state index is 11.8. The molecule has 0 aliphatic carbocycles. The zero-order valence-electron chi connectivity index (χ0n) is 11.4. The van der Waals surface area contributed by atoms with Crippen LogP contribution in [0.4, 0.5) is 0 Å². The van der Waals surface area contributed by atoms with Crippen molar-refractivity contribution < 1.29 is 30.0 Å². The lowest BCUT2D eigenvalue weighted by atomic mass is 9.89. The molecule has 1 rings (SSSR count). The molecular weight excluding hydrogens is 254 g/mol. The van der Waals surface area contributed by atoms with Gasteiger partial charge in [0.1, 0.15) is 24.4 Å². The normalized spacial score (nSPS) is 36.1. The smallest absolute Gasteiger partial charge is 0.225 e. The number of rotatable bonds is 4. The quantitative estimate of drug-likeness (QED) is 0.419. The average Bonchev–Trinajstić information content (AvgIpc) is 2.38. The Hall–Kier alpha value is -0.730. The van der Waals surface area contributed by atoms with Crippen LogP contribution in [0.5, 0.6) is 0 Å². The van der Waals surface area contributed by atoms with Gasteiger partial charge in [-0.1, -0.05) is 20.8 Å². The summed E-state index contributed by atoms with van der Waals surface area (Å²) in [5, 5.41) is 40.5. The van der Waals surface area contributed by atoms with Gasteiger partial charge < -0.3 is 30.5 Å². The van der Waals surface area contributed by atoms with E-state index < -0.39 is 36.1 Å². The summed E-state index contributed by atoms with van der Waals surface area (Å²) in [5.74, 6) is -0.207. The standard InChI is InChI=1S/C12H23NO6/c1-4-12(2,3)11(18)13-5-6-7(14)8(15)9(16)10(17)19-6/h6-10,14-17H,4-5H2,1-3H3,(H,13,18). The van der Waals surface area contributed by atoms with Gasteiger partial charge in [0.25, 0.3) is 0 Å².